The summed E-state index contributed by atoms with van der Waals surface area (Å²) in [4.78, 5) is 18.6. The lowest BCUT2D eigenvalue weighted by molar-refractivity contribution is -0.133. The second-order valence-electron chi connectivity index (χ2n) is 7.58. The Kier molecular flexibility index (Phi) is 5.87. The molecule has 3 heterocycles. The highest BCUT2D eigenvalue weighted by atomic mass is 32.1. The van der Waals surface area contributed by atoms with E-state index in [0.29, 0.717) is 5.92 Å². The summed E-state index contributed by atoms with van der Waals surface area (Å²) >= 11 is 1.79. The summed E-state index contributed by atoms with van der Waals surface area (Å²) in [5.74, 6) is -1.44. The molecule has 4 rings (SSSR count). The molecule has 148 valence electrons. The Balaban J connectivity index is 1.40. The SMILES string of the molecule is O=C(/C=C/c1cccc(F)c1F)N1CCC[C@@H]2CN(Cc3cccs3)CC[C@H]21. The number of carbonyl (C=O) groups is 1. The summed E-state index contributed by atoms with van der Waals surface area (Å²) in [7, 11) is 0. The lowest BCUT2D eigenvalue weighted by atomic mass is 9.83. The number of fused-ring (bicyclic) bond motifs is 1. The molecule has 1 amide bonds. The van der Waals surface area contributed by atoms with Crippen LogP contribution in [0.25, 0.3) is 6.08 Å². The van der Waals surface area contributed by atoms with E-state index in [-0.39, 0.29) is 17.5 Å². The maximum Gasteiger partial charge on any atom is 0.246 e. The first-order valence-corrected chi connectivity index (χ1v) is 10.7. The summed E-state index contributed by atoms with van der Waals surface area (Å²) in [6, 6.07) is 8.49. The van der Waals surface area contributed by atoms with Gasteiger partial charge in [0.15, 0.2) is 11.6 Å². The number of hydrogen-bond acceptors (Lipinski definition) is 3. The van der Waals surface area contributed by atoms with Crippen molar-refractivity contribution in [3.8, 4) is 0 Å². The Morgan fingerprint density at radius 1 is 1.18 bits per heavy atom. The molecule has 1 aromatic heterocycles. The van der Waals surface area contributed by atoms with Gasteiger partial charge in [-0.1, -0.05) is 18.2 Å². The first-order valence-electron chi connectivity index (χ1n) is 9.79. The molecule has 2 atom stereocenters. The number of piperidine rings is 2. The van der Waals surface area contributed by atoms with Gasteiger partial charge in [-0.3, -0.25) is 9.69 Å². The van der Waals surface area contributed by atoms with Crippen molar-refractivity contribution in [3.63, 3.8) is 0 Å². The van der Waals surface area contributed by atoms with Crippen LogP contribution in [0.2, 0.25) is 0 Å². The zero-order valence-corrected chi connectivity index (χ0v) is 16.5. The normalized spacial score (nSPS) is 23.1. The van der Waals surface area contributed by atoms with E-state index >= 15 is 0 Å². The third-order valence-electron chi connectivity index (χ3n) is 5.78. The zero-order chi connectivity index (χ0) is 19.5. The van der Waals surface area contributed by atoms with Crippen LogP contribution in [0.3, 0.4) is 0 Å². The highest BCUT2D eigenvalue weighted by Crippen LogP contribution is 2.32. The second kappa shape index (κ2) is 8.53. The quantitative estimate of drug-likeness (QED) is 0.701. The lowest BCUT2D eigenvalue weighted by Gasteiger charge is -2.47. The van der Waals surface area contributed by atoms with Gasteiger partial charge in [0.25, 0.3) is 0 Å². The Hall–Kier alpha value is -2.05. The number of halogens is 2. The number of likely N-dealkylation sites (tertiary alicyclic amines) is 2. The molecule has 0 radical (unpaired) electrons. The van der Waals surface area contributed by atoms with Gasteiger partial charge in [0, 0.05) is 48.7 Å². The van der Waals surface area contributed by atoms with Crippen molar-refractivity contribution in [1.82, 2.24) is 9.80 Å². The van der Waals surface area contributed by atoms with Gasteiger partial charge < -0.3 is 4.90 Å². The molecule has 2 fully saturated rings. The first kappa shape index (κ1) is 19.3. The van der Waals surface area contributed by atoms with Crippen LogP contribution in [0.4, 0.5) is 8.78 Å². The summed E-state index contributed by atoms with van der Waals surface area (Å²) in [5, 5.41) is 2.11. The number of amides is 1. The molecule has 0 saturated carbocycles. The molecule has 0 aliphatic carbocycles. The van der Waals surface area contributed by atoms with Gasteiger partial charge in [-0.25, -0.2) is 8.78 Å². The number of nitrogens with zero attached hydrogens (tertiary/aromatic N) is 2. The first-order chi connectivity index (χ1) is 13.6. The predicted octanol–water partition coefficient (Wildman–Crippen LogP) is 4.55. The largest absolute Gasteiger partial charge is 0.336 e. The molecule has 2 aliphatic rings. The van der Waals surface area contributed by atoms with Gasteiger partial charge in [-0.2, -0.15) is 0 Å². The average molecular weight is 403 g/mol. The van der Waals surface area contributed by atoms with Crippen molar-refractivity contribution in [3.05, 3.63) is 63.9 Å². The predicted molar refractivity (Wildman–Crippen MR) is 108 cm³/mol. The van der Waals surface area contributed by atoms with Gasteiger partial charge in [0.05, 0.1) is 0 Å². The highest BCUT2D eigenvalue weighted by molar-refractivity contribution is 7.09. The molecule has 2 aromatic rings. The van der Waals surface area contributed by atoms with Gasteiger partial charge in [0.1, 0.15) is 0 Å². The van der Waals surface area contributed by atoms with E-state index in [9.17, 15) is 13.6 Å². The van der Waals surface area contributed by atoms with Gasteiger partial charge in [-0.05, 0) is 48.8 Å². The molecule has 0 bridgehead atoms. The van der Waals surface area contributed by atoms with Crippen LogP contribution >= 0.6 is 11.3 Å². The Morgan fingerprint density at radius 3 is 2.89 bits per heavy atom. The number of benzene rings is 1. The zero-order valence-electron chi connectivity index (χ0n) is 15.7. The summed E-state index contributed by atoms with van der Waals surface area (Å²) < 4.78 is 27.1. The molecule has 1 aromatic carbocycles. The standard InChI is InChI=1S/C22H24F2N2OS/c23-19-7-1-4-16(22(19)24)8-9-21(27)26-11-2-5-17-14-25(12-10-20(17)26)15-18-6-3-13-28-18/h1,3-4,6-9,13,17,20H,2,5,10-12,14-15H2/b9-8+/t17-,20-/m1/s1. The molecule has 0 N–H and O–H groups in total. The smallest absolute Gasteiger partial charge is 0.246 e. The van der Waals surface area contributed by atoms with E-state index in [0.717, 1.165) is 51.5 Å². The van der Waals surface area contributed by atoms with E-state index in [1.54, 1.807) is 11.3 Å². The maximum atomic E-state index is 13.8. The minimum absolute atomic E-state index is 0.104. The van der Waals surface area contributed by atoms with Crippen molar-refractivity contribution < 1.29 is 13.6 Å². The van der Waals surface area contributed by atoms with Crippen LogP contribution in [0.1, 0.15) is 29.7 Å². The van der Waals surface area contributed by atoms with Crippen LogP contribution in [0, 0.1) is 17.6 Å². The molecule has 0 unspecified atom stereocenters. The van der Waals surface area contributed by atoms with Crippen LogP contribution in [0.15, 0.2) is 41.8 Å². The lowest BCUT2D eigenvalue weighted by Crippen LogP contribution is -2.55. The molecule has 2 saturated heterocycles. The monoisotopic (exact) mass is 402 g/mol. The van der Waals surface area contributed by atoms with Gasteiger partial charge >= 0.3 is 0 Å². The molecule has 0 spiro atoms. The van der Waals surface area contributed by atoms with Crippen molar-refractivity contribution in [2.75, 3.05) is 19.6 Å². The third kappa shape index (κ3) is 4.18. The minimum atomic E-state index is -0.912. The van der Waals surface area contributed by atoms with E-state index < -0.39 is 11.6 Å². The van der Waals surface area contributed by atoms with Gasteiger partial charge in [0.2, 0.25) is 5.91 Å². The van der Waals surface area contributed by atoms with Crippen LogP contribution in [0.5, 0.6) is 0 Å². The van der Waals surface area contributed by atoms with Crippen molar-refractivity contribution in [1.29, 1.82) is 0 Å². The van der Waals surface area contributed by atoms with Gasteiger partial charge in [-0.15, -0.1) is 11.3 Å². The average Bonchev–Trinajstić information content (AvgIpc) is 3.21. The molecule has 3 nitrogen and oxygen atoms in total. The minimum Gasteiger partial charge on any atom is -0.336 e. The Bertz CT molecular complexity index is 852. The fraction of sp³-hybridized carbons (Fsp3) is 0.409. The fourth-order valence-electron chi connectivity index (χ4n) is 4.42. The van der Waals surface area contributed by atoms with E-state index in [1.165, 1.54) is 29.2 Å². The van der Waals surface area contributed by atoms with Crippen molar-refractivity contribution in [2.24, 2.45) is 5.92 Å². The fourth-order valence-corrected chi connectivity index (χ4v) is 5.17. The summed E-state index contributed by atoms with van der Waals surface area (Å²) in [6.45, 7) is 3.70. The molecule has 6 heteroatoms. The molecular formula is C22H24F2N2OS. The number of rotatable bonds is 4. The number of hydrogen-bond donors (Lipinski definition) is 0. The molecule has 2 aliphatic heterocycles. The maximum absolute atomic E-state index is 13.8. The molecule has 28 heavy (non-hydrogen) atoms. The van der Waals surface area contributed by atoms with E-state index in [1.807, 2.05) is 4.90 Å². The summed E-state index contributed by atoms with van der Waals surface area (Å²) in [5.41, 5.74) is 0.104. The van der Waals surface area contributed by atoms with E-state index in [2.05, 4.69) is 22.4 Å². The number of carbonyl (C=O) groups excluding carboxylic acids is 1. The van der Waals surface area contributed by atoms with Crippen molar-refractivity contribution in [2.45, 2.75) is 31.8 Å². The second-order valence-corrected chi connectivity index (χ2v) is 8.61. The van der Waals surface area contributed by atoms with Crippen molar-refractivity contribution >= 4 is 23.3 Å². The van der Waals surface area contributed by atoms with Crippen LogP contribution < -0.4 is 0 Å². The van der Waals surface area contributed by atoms with Crippen LogP contribution in [-0.2, 0) is 11.3 Å². The number of thiophene rings is 1. The molecular weight excluding hydrogens is 378 g/mol. The van der Waals surface area contributed by atoms with Crippen LogP contribution in [-0.4, -0.2) is 41.4 Å². The summed E-state index contributed by atoms with van der Waals surface area (Å²) in [6.07, 6.45) is 5.86. The Labute approximate surface area is 168 Å². The third-order valence-corrected chi connectivity index (χ3v) is 6.64. The Morgan fingerprint density at radius 2 is 2.07 bits per heavy atom. The van der Waals surface area contributed by atoms with E-state index in [4.69, 9.17) is 0 Å². The highest BCUT2D eigenvalue weighted by Gasteiger charge is 2.37. The topological polar surface area (TPSA) is 23.6 Å².